The average molecular weight is 338 g/mol. The zero-order valence-corrected chi connectivity index (χ0v) is 12.1. The van der Waals surface area contributed by atoms with Gasteiger partial charge in [-0.1, -0.05) is 28.1 Å². The highest BCUT2D eigenvalue weighted by atomic mass is 79.9. The molecular weight excluding hydrogens is 326 g/mol. The lowest BCUT2D eigenvalue weighted by molar-refractivity contribution is -0.385. The van der Waals surface area contributed by atoms with Crippen molar-refractivity contribution in [2.24, 2.45) is 0 Å². The van der Waals surface area contributed by atoms with Crippen LogP contribution in [0.5, 0.6) is 0 Å². The van der Waals surface area contributed by atoms with Crippen molar-refractivity contribution in [3.8, 4) is 0 Å². The maximum atomic E-state index is 11.5. The quantitative estimate of drug-likeness (QED) is 0.513. The molecule has 18 heavy (non-hydrogen) atoms. The van der Waals surface area contributed by atoms with Crippen molar-refractivity contribution in [1.82, 2.24) is 0 Å². The molecule has 0 saturated carbocycles. The van der Waals surface area contributed by atoms with Gasteiger partial charge in [0.15, 0.2) is 13.5 Å². The van der Waals surface area contributed by atoms with Gasteiger partial charge in [0.25, 0.3) is 5.69 Å². The van der Waals surface area contributed by atoms with E-state index in [1.807, 2.05) is 0 Å². The molecule has 100 valence electrons. The average Bonchev–Trinajstić information content (AvgIpc) is 2.26. The third-order valence-corrected chi connectivity index (χ3v) is 6.48. The van der Waals surface area contributed by atoms with E-state index in [-0.39, 0.29) is 11.3 Å². The van der Waals surface area contributed by atoms with E-state index in [1.54, 1.807) is 0 Å². The number of rotatable bonds is 4. The molecule has 0 aromatic heterocycles. The van der Waals surface area contributed by atoms with Crippen molar-refractivity contribution in [2.45, 2.75) is 16.7 Å². The van der Waals surface area contributed by atoms with Crippen LogP contribution >= 0.6 is 15.9 Å². The Balaban J connectivity index is 3.23. The van der Waals surface area contributed by atoms with E-state index in [4.69, 9.17) is 0 Å². The number of non-ortho nitro benzene ring substituents is 1. The molecule has 1 N–H and O–H groups in total. The van der Waals surface area contributed by atoms with Crippen LogP contribution in [0.25, 0.3) is 0 Å². The first-order valence-electron chi connectivity index (χ1n) is 4.88. The van der Waals surface area contributed by atoms with Gasteiger partial charge in [0.05, 0.1) is 4.92 Å². The first kappa shape index (κ1) is 15.1. The summed E-state index contributed by atoms with van der Waals surface area (Å²) < 4.78 is 21.5. The molecule has 1 aromatic carbocycles. The SMILES string of the molecule is CC(Br)(C(O)c1cccc([N+](=O)[O-])c1)S(C)(=O)=O. The molecule has 6 nitrogen and oxygen atoms in total. The molecule has 0 radical (unpaired) electrons. The van der Waals surface area contributed by atoms with E-state index < -0.39 is 24.5 Å². The third kappa shape index (κ3) is 2.88. The number of hydrogen-bond acceptors (Lipinski definition) is 5. The lowest BCUT2D eigenvalue weighted by atomic mass is 10.1. The van der Waals surface area contributed by atoms with E-state index in [0.717, 1.165) is 12.3 Å². The Bertz CT molecular complexity index is 569. The van der Waals surface area contributed by atoms with Gasteiger partial charge in [-0.3, -0.25) is 10.1 Å². The van der Waals surface area contributed by atoms with Gasteiger partial charge in [0.2, 0.25) is 0 Å². The van der Waals surface area contributed by atoms with Crippen LogP contribution in [0, 0.1) is 10.1 Å². The molecule has 0 fully saturated rings. The fourth-order valence-corrected chi connectivity index (χ4v) is 2.11. The first-order chi connectivity index (χ1) is 8.07. The summed E-state index contributed by atoms with van der Waals surface area (Å²) in [6.45, 7) is 1.30. The summed E-state index contributed by atoms with van der Waals surface area (Å²) in [5.41, 5.74) is -0.0441. The smallest absolute Gasteiger partial charge is 0.269 e. The molecule has 1 rings (SSSR count). The molecule has 8 heteroatoms. The zero-order valence-electron chi connectivity index (χ0n) is 9.70. The summed E-state index contributed by atoms with van der Waals surface area (Å²) >= 11 is 2.96. The van der Waals surface area contributed by atoms with Gasteiger partial charge in [-0.05, 0) is 12.5 Å². The van der Waals surface area contributed by atoms with Crippen LogP contribution in [0.15, 0.2) is 24.3 Å². The minimum Gasteiger partial charge on any atom is -0.386 e. The van der Waals surface area contributed by atoms with Gasteiger partial charge < -0.3 is 5.11 Å². The van der Waals surface area contributed by atoms with E-state index in [9.17, 15) is 23.6 Å². The zero-order chi connectivity index (χ0) is 14.1. The Labute approximate surface area is 113 Å². The molecular formula is C10H12BrNO5S. The van der Waals surface area contributed by atoms with Crippen molar-refractivity contribution in [1.29, 1.82) is 0 Å². The van der Waals surface area contributed by atoms with E-state index in [1.165, 1.54) is 25.1 Å². The van der Waals surface area contributed by atoms with Crippen LogP contribution in [0.4, 0.5) is 5.69 Å². The number of aliphatic hydroxyl groups is 1. The number of hydrogen-bond donors (Lipinski definition) is 1. The van der Waals surface area contributed by atoms with Crippen molar-refractivity contribution in [3.05, 3.63) is 39.9 Å². The highest BCUT2D eigenvalue weighted by Crippen LogP contribution is 2.38. The lowest BCUT2D eigenvalue weighted by Gasteiger charge is -2.26. The highest BCUT2D eigenvalue weighted by molar-refractivity contribution is 9.11. The summed E-state index contributed by atoms with van der Waals surface area (Å²) in [5, 5.41) is 20.7. The molecule has 0 aliphatic rings. The van der Waals surface area contributed by atoms with Gasteiger partial charge in [-0.15, -0.1) is 0 Å². The van der Waals surface area contributed by atoms with Crippen LogP contribution in [-0.2, 0) is 9.84 Å². The second kappa shape index (κ2) is 4.94. The van der Waals surface area contributed by atoms with Crippen LogP contribution < -0.4 is 0 Å². The Morgan fingerprint density at radius 1 is 1.50 bits per heavy atom. The Hall–Kier alpha value is -0.990. The summed E-state index contributed by atoms with van der Waals surface area (Å²) in [6, 6.07) is 5.24. The molecule has 0 heterocycles. The van der Waals surface area contributed by atoms with Gasteiger partial charge in [-0.25, -0.2) is 8.42 Å². The molecule has 0 aliphatic heterocycles. The number of halogens is 1. The Kier molecular flexibility index (Phi) is 4.14. The number of alkyl halides is 1. The maximum Gasteiger partial charge on any atom is 0.269 e. The van der Waals surface area contributed by atoms with E-state index >= 15 is 0 Å². The van der Waals surface area contributed by atoms with Gasteiger partial charge in [0, 0.05) is 18.4 Å². The van der Waals surface area contributed by atoms with Crippen molar-refractivity contribution < 1.29 is 18.4 Å². The molecule has 1 aromatic rings. The Morgan fingerprint density at radius 2 is 2.06 bits per heavy atom. The fraction of sp³-hybridized carbons (Fsp3) is 0.400. The maximum absolute atomic E-state index is 11.5. The number of aliphatic hydroxyl groups excluding tert-OH is 1. The minimum atomic E-state index is -3.59. The second-order valence-electron chi connectivity index (χ2n) is 4.01. The first-order valence-corrected chi connectivity index (χ1v) is 7.56. The Morgan fingerprint density at radius 3 is 2.50 bits per heavy atom. The van der Waals surface area contributed by atoms with Gasteiger partial charge in [-0.2, -0.15) is 0 Å². The molecule has 0 aliphatic carbocycles. The number of nitrogens with zero attached hydrogens (tertiary/aromatic N) is 1. The normalized spacial score (nSPS) is 16.9. The van der Waals surface area contributed by atoms with Crippen molar-refractivity contribution in [3.63, 3.8) is 0 Å². The van der Waals surface area contributed by atoms with Crippen molar-refractivity contribution in [2.75, 3.05) is 6.26 Å². The van der Waals surface area contributed by atoms with E-state index in [0.29, 0.717) is 0 Å². The van der Waals surface area contributed by atoms with Crippen LogP contribution in [0.3, 0.4) is 0 Å². The molecule has 0 amide bonds. The predicted molar refractivity (Wildman–Crippen MR) is 70.2 cm³/mol. The predicted octanol–water partition coefficient (Wildman–Crippen LogP) is 1.78. The lowest BCUT2D eigenvalue weighted by Crippen LogP contribution is -2.34. The molecule has 0 spiro atoms. The van der Waals surface area contributed by atoms with Crippen LogP contribution in [0.1, 0.15) is 18.6 Å². The van der Waals surface area contributed by atoms with Crippen LogP contribution in [0.2, 0.25) is 0 Å². The second-order valence-corrected chi connectivity index (χ2v) is 8.58. The number of benzene rings is 1. The summed E-state index contributed by atoms with van der Waals surface area (Å²) in [7, 11) is -3.59. The van der Waals surface area contributed by atoms with Crippen LogP contribution in [-0.4, -0.2) is 28.4 Å². The summed E-state index contributed by atoms with van der Waals surface area (Å²) in [6.07, 6.45) is -0.435. The highest BCUT2D eigenvalue weighted by Gasteiger charge is 2.41. The third-order valence-electron chi connectivity index (χ3n) is 2.61. The van der Waals surface area contributed by atoms with Gasteiger partial charge in [0.1, 0.15) is 6.10 Å². The topological polar surface area (TPSA) is 97.5 Å². The molecule has 0 saturated heterocycles. The number of nitro benzene ring substituents is 1. The van der Waals surface area contributed by atoms with Crippen molar-refractivity contribution >= 4 is 31.5 Å². The standard InChI is InChI=1S/C10H12BrNO5S/c1-10(11,18(2,16)17)9(13)7-4-3-5-8(6-7)12(14)15/h3-6,9,13H,1-2H3. The summed E-state index contributed by atoms with van der Waals surface area (Å²) in [5.74, 6) is 0. The fourth-order valence-electron chi connectivity index (χ4n) is 1.31. The molecule has 2 unspecified atom stereocenters. The number of sulfone groups is 1. The minimum absolute atomic E-state index is 0.161. The largest absolute Gasteiger partial charge is 0.386 e. The molecule has 0 bridgehead atoms. The monoisotopic (exact) mass is 337 g/mol. The van der Waals surface area contributed by atoms with E-state index in [2.05, 4.69) is 15.9 Å². The summed E-state index contributed by atoms with van der Waals surface area (Å²) in [4.78, 5) is 10.0. The molecule has 2 atom stereocenters. The van der Waals surface area contributed by atoms with Gasteiger partial charge >= 0.3 is 0 Å². The number of nitro groups is 1.